The molecule has 0 fully saturated rings. The smallest absolute Gasteiger partial charge is 0.0647 e. The molecule has 1 nitrogen and oxygen atoms in total. The fraction of sp³-hybridized carbons (Fsp3) is 0. The van der Waals surface area contributed by atoms with Crippen molar-refractivity contribution < 1.29 is 0 Å². The maximum absolute atomic E-state index is 6.69. The predicted octanol–water partition coefficient (Wildman–Crippen LogP) is 7.35. The van der Waals surface area contributed by atoms with Crippen LogP contribution < -0.4 is 0 Å². The fourth-order valence-corrected chi connectivity index (χ4v) is 4.26. The van der Waals surface area contributed by atoms with Gasteiger partial charge in [0.2, 0.25) is 0 Å². The van der Waals surface area contributed by atoms with E-state index in [1.165, 1.54) is 21.8 Å². The lowest BCUT2D eigenvalue weighted by molar-refractivity contribution is 1.20. The van der Waals surface area contributed by atoms with Gasteiger partial charge in [-0.05, 0) is 45.6 Å². The van der Waals surface area contributed by atoms with Crippen LogP contribution >= 0.6 is 27.5 Å². The van der Waals surface area contributed by atoms with E-state index in [2.05, 4.69) is 93.3 Å². The van der Waals surface area contributed by atoms with E-state index >= 15 is 0 Å². The molecule has 1 aromatic heterocycles. The van der Waals surface area contributed by atoms with Crippen LogP contribution in [0.3, 0.4) is 0 Å². The zero-order valence-corrected chi connectivity index (χ0v) is 15.6. The van der Waals surface area contributed by atoms with Gasteiger partial charge in [-0.1, -0.05) is 66.2 Å². The van der Waals surface area contributed by atoms with Crippen LogP contribution in [0.25, 0.3) is 38.3 Å². The number of para-hydroxylation sites is 2. The average molecular weight is 407 g/mol. The van der Waals surface area contributed by atoms with E-state index in [1.54, 1.807) is 0 Å². The first-order valence-electron chi connectivity index (χ1n) is 8.11. The summed E-state index contributed by atoms with van der Waals surface area (Å²) in [6, 6.07) is 27.5. The van der Waals surface area contributed by atoms with Gasteiger partial charge in [-0.3, -0.25) is 0 Å². The first-order chi connectivity index (χ1) is 12.3. The largest absolute Gasteiger partial charge is 0.309 e. The Labute approximate surface area is 158 Å². The second-order valence-corrected chi connectivity index (χ2v) is 7.34. The highest BCUT2D eigenvalue weighted by molar-refractivity contribution is 9.10. The molecular weight excluding hydrogens is 394 g/mol. The van der Waals surface area contributed by atoms with Gasteiger partial charge < -0.3 is 4.57 Å². The summed E-state index contributed by atoms with van der Waals surface area (Å²) in [4.78, 5) is 0. The first-order valence-corrected chi connectivity index (χ1v) is 9.28. The molecule has 5 rings (SSSR count). The van der Waals surface area contributed by atoms with E-state index in [4.69, 9.17) is 11.6 Å². The lowest BCUT2D eigenvalue weighted by Crippen LogP contribution is -1.95. The average Bonchev–Trinajstić information content (AvgIpc) is 2.99. The van der Waals surface area contributed by atoms with Gasteiger partial charge in [-0.2, -0.15) is 0 Å². The van der Waals surface area contributed by atoms with Crippen LogP contribution in [0.2, 0.25) is 5.02 Å². The number of aromatic nitrogens is 1. The van der Waals surface area contributed by atoms with Crippen LogP contribution in [-0.2, 0) is 0 Å². The predicted molar refractivity (Wildman–Crippen MR) is 111 cm³/mol. The first kappa shape index (κ1) is 15.0. The number of fused-ring (bicyclic) bond motifs is 4. The molecule has 0 saturated heterocycles. The summed E-state index contributed by atoms with van der Waals surface area (Å²) in [5.74, 6) is 0. The van der Waals surface area contributed by atoms with Crippen molar-refractivity contribution in [3.8, 4) is 5.69 Å². The van der Waals surface area contributed by atoms with E-state index < -0.39 is 0 Å². The van der Waals surface area contributed by atoms with Crippen molar-refractivity contribution >= 4 is 60.1 Å². The molecule has 0 unspecified atom stereocenters. The Morgan fingerprint density at radius 3 is 2.00 bits per heavy atom. The van der Waals surface area contributed by atoms with Crippen molar-refractivity contribution in [1.29, 1.82) is 0 Å². The third kappa shape index (κ3) is 2.14. The van der Waals surface area contributed by atoms with Crippen LogP contribution in [0.1, 0.15) is 0 Å². The van der Waals surface area contributed by atoms with Crippen LogP contribution in [0.5, 0.6) is 0 Å². The van der Waals surface area contributed by atoms with E-state index in [1.807, 2.05) is 6.07 Å². The highest BCUT2D eigenvalue weighted by Gasteiger charge is 2.15. The molecule has 0 amide bonds. The summed E-state index contributed by atoms with van der Waals surface area (Å²) in [6.07, 6.45) is 0. The molecule has 1 heterocycles. The molecule has 5 aromatic rings. The highest BCUT2D eigenvalue weighted by atomic mass is 79.9. The number of benzene rings is 4. The lowest BCUT2D eigenvalue weighted by Gasteiger charge is -2.13. The summed E-state index contributed by atoms with van der Waals surface area (Å²) in [5, 5.41) is 5.44. The Morgan fingerprint density at radius 1 is 0.680 bits per heavy atom. The van der Waals surface area contributed by atoms with Gasteiger partial charge >= 0.3 is 0 Å². The molecule has 4 aromatic carbocycles. The normalized spacial score (nSPS) is 11.6. The van der Waals surface area contributed by atoms with Gasteiger partial charge in [0, 0.05) is 20.6 Å². The summed E-state index contributed by atoms with van der Waals surface area (Å²) in [7, 11) is 0. The van der Waals surface area contributed by atoms with Crippen molar-refractivity contribution in [1.82, 2.24) is 4.57 Å². The minimum atomic E-state index is 0.745. The molecule has 0 bridgehead atoms. The van der Waals surface area contributed by atoms with Crippen molar-refractivity contribution in [2.24, 2.45) is 0 Å². The second kappa shape index (κ2) is 5.62. The lowest BCUT2D eigenvalue weighted by atomic mass is 10.1. The molecule has 0 radical (unpaired) electrons. The third-order valence-electron chi connectivity index (χ3n) is 4.73. The van der Waals surface area contributed by atoms with E-state index in [9.17, 15) is 0 Å². The molecule has 0 aliphatic heterocycles. The van der Waals surface area contributed by atoms with E-state index in [0.717, 1.165) is 26.0 Å². The van der Waals surface area contributed by atoms with Crippen LogP contribution in [0.15, 0.2) is 83.3 Å². The molecule has 0 N–H and O–H groups in total. The van der Waals surface area contributed by atoms with Gasteiger partial charge in [-0.25, -0.2) is 0 Å². The molecule has 0 aliphatic rings. The zero-order valence-electron chi connectivity index (χ0n) is 13.2. The van der Waals surface area contributed by atoms with Crippen molar-refractivity contribution in [3.05, 3.63) is 88.4 Å². The zero-order chi connectivity index (χ0) is 17.0. The fourth-order valence-electron chi connectivity index (χ4n) is 3.66. The monoisotopic (exact) mass is 405 g/mol. The van der Waals surface area contributed by atoms with Crippen LogP contribution in [0.4, 0.5) is 0 Å². The number of hydrogen-bond acceptors (Lipinski definition) is 0. The summed E-state index contributed by atoms with van der Waals surface area (Å²) in [5.41, 5.74) is 3.47. The minimum absolute atomic E-state index is 0.745. The Bertz CT molecular complexity index is 1220. The highest BCUT2D eigenvalue weighted by Crippen LogP contribution is 2.39. The molecule has 0 spiro atoms. The van der Waals surface area contributed by atoms with Gasteiger partial charge in [0.05, 0.1) is 21.7 Å². The Hall–Kier alpha value is -2.29. The molecular formula is C22H13BrClN. The van der Waals surface area contributed by atoms with Gasteiger partial charge in [0.15, 0.2) is 0 Å². The second-order valence-electron chi connectivity index (χ2n) is 6.11. The molecule has 120 valence electrons. The third-order valence-corrected chi connectivity index (χ3v) is 6.02. The number of halogens is 2. The van der Waals surface area contributed by atoms with Crippen molar-refractivity contribution in [2.75, 3.05) is 0 Å². The molecule has 0 saturated carbocycles. The number of rotatable bonds is 1. The SMILES string of the molecule is Clc1c(Br)ccc2cccc(-n3c4ccccc4c4ccccc43)c12. The standard InChI is InChI=1S/C22H13BrClN/c23-17-13-12-14-6-5-11-20(21(14)22(17)24)25-18-9-3-1-7-15(18)16-8-2-4-10-19(16)25/h1-13H. The Balaban J connectivity index is 2.04. The summed E-state index contributed by atoms with van der Waals surface area (Å²) >= 11 is 10.3. The van der Waals surface area contributed by atoms with Crippen LogP contribution in [-0.4, -0.2) is 4.57 Å². The van der Waals surface area contributed by atoms with E-state index in [-0.39, 0.29) is 0 Å². The molecule has 0 atom stereocenters. The molecule has 0 aliphatic carbocycles. The summed E-state index contributed by atoms with van der Waals surface area (Å²) < 4.78 is 3.22. The van der Waals surface area contributed by atoms with Gasteiger partial charge in [0.25, 0.3) is 0 Å². The topological polar surface area (TPSA) is 4.93 Å². The van der Waals surface area contributed by atoms with Crippen molar-refractivity contribution in [2.45, 2.75) is 0 Å². The maximum atomic E-state index is 6.69. The maximum Gasteiger partial charge on any atom is 0.0647 e. The van der Waals surface area contributed by atoms with Crippen LogP contribution in [0, 0.1) is 0 Å². The quantitative estimate of drug-likeness (QED) is 0.274. The van der Waals surface area contributed by atoms with Crippen molar-refractivity contribution in [3.63, 3.8) is 0 Å². The van der Waals surface area contributed by atoms with Gasteiger partial charge in [0.1, 0.15) is 0 Å². The van der Waals surface area contributed by atoms with E-state index in [0.29, 0.717) is 0 Å². The molecule has 25 heavy (non-hydrogen) atoms. The number of nitrogens with zero attached hydrogens (tertiary/aromatic N) is 1. The number of hydrogen-bond donors (Lipinski definition) is 0. The minimum Gasteiger partial charge on any atom is -0.309 e. The van der Waals surface area contributed by atoms with Gasteiger partial charge in [-0.15, -0.1) is 0 Å². The Morgan fingerprint density at radius 2 is 1.32 bits per heavy atom. The molecule has 3 heteroatoms. The summed E-state index contributed by atoms with van der Waals surface area (Å²) in [6.45, 7) is 0. The Kier molecular flexibility index (Phi) is 3.37.